The van der Waals surface area contributed by atoms with Crippen molar-refractivity contribution in [3.8, 4) is 0 Å². The Bertz CT molecular complexity index is 1020. The fourth-order valence-corrected chi connectivity index (χ4v) is 3.43. The largest absolute Gasteiger partial charge is 0.401 e. The Morgan fingerprint density at radius 1 is 1.23 bits per heavy atom. The van der Waals surface area contributed by atoms with E-state index in [4.69, 9.17) is 5.73 Å². The van der Waals surface area contributed by atoms with Gasteiger partial charge in [0.1, 0.15) is 5.69 Å². The normalized spacial score (nSPS) is 16.7. The molecule has 7 nitrogen and oxygen atoms in total. The van der Waals surface area contributed by atoms with Crippen LogP contribution in [0.1, 0.15) is 55.2 Å². The summed E-state index contributed by atoms with van der Waals surface area (Å²) in [4.78, 5) is 17.1. The van der Waals surface area contributed by atoms with Crippen LogP contribution in [0.2, 0.25) is 0 Å². The number of nitrogens with zero attached hydrogens (tertiary/aromatic N) is 2. The molecule has 0 saturated heterocycles. The average molecular weight is 436 g/mol. The number of amides is 1. The quantitative estimate of drug-likeness (QED) is 0.425. The molecule has 5 N–H and O–H groups in total. The number of nitrogen functional groups attached to an aromatic ring is 1. The molecular formula is C21H27F3N6O. The van der Waals surface area contributed by atoms with E-state index in [1.54, 1.807) is 6.07 Å². The van der Waals surface area contributed by atoms with E-state index in [0.29, 0.717) is 24.2 Å². The molecule has 1 aromatic heterocycles. The Balaban J connectivity index is 1.66. The number of pyridine rings is 1. The number of nitrogens with one attached hydrogen (secondary N) is 3. The number of alkyl halides is 3. The molecule has 1 heterocycles. The fraction of sp³-hybridized carbons (Fsp3) is 0.476. The van der Waals surface area contributed by atoms with Gasteiger partial charge in [-0.15, -0.1) is 0 Å². The predicted molar refractivity (Wildman–Crippen MR) is 115 cm³/mol. The summed E-state index contributed by atoms with van der Waals surface area (Å²) in [6, 6.07) is 5.14. The number of halogens is 3. The van der Waals surface area contributed by atoms with Crippen molar-refractivity contribution in [1.82, 2.24) is 21.3 Å². The number of hydrazine groups is 1. The number of aryl methyl sites for hydroxylation is 1. The molecule has 3 rings (SSSR count). The Labute approximate surface area is 178 Å². The molecule has 0 bridgehead atoms. The van der Waals surface area contributed by atoms with Crippen LogP contribution in [0.3, 0.4) is 0 Å². The molecule has 0 spiro atoms. The first-order chi connectivity index (χ1) is 14.3. The number of rotatable bonds is 5. The molecule has 1 saturated carbocycles. The summed E-state index contributed by atoms with van der Waals surface area (Å²) in [5.74, 6) is -0.461. The third-order valence-corrected chi connectivity index (χ3v) is 5.12. The second-order valence-electron chi connectivity index (χ2n) is 8.88. The van der Waals surface area contributed by atoms with E-state index in [1.165, 1.54) is 0 Å². The maximum Gasteiger partial charge on any atom is 0.401 e. The lowest BCUT2D eigenvalue weighted by molar-refractivity contribution is -0.126. The zero-order chi connectivity index (χ0) is 23.0. The molecule has 2 aromatic rings. The molecule has 0 unspecified atom stereocenters. The van der Waals surface area contributed by atoms with Crippen molar-refractivity contribution in [3.05, 3.63) is 35.0 Å². The summed E-state index contributed by atoms with van der Waals surface area (Å²) in [7, 11) is 0. The van der Waals surface area contributed by atoms with Gasteiger partial charge in [-0.3, -0.25) is 4.79 Å². The minimum Gasteiger partial charge on any atom is -0.399 e. The van der Waals surface area contributed by atoms with Gasteiger partial charge in [-0.05, 0) is 41.7 Å². The van der Waals surface area contributed by atoms with Crippen molar-refractivity contribution in [2.24, 2.45) is 5.10 Å². The third kappa shape index (κ3) is 5.63. The van der Waals surface area contributed by atoms with Crippen molar-refractivity contribution >= 4 is 28.2 Å². The van der Waals surface area contributed by atoms with Crippen molar-refractivity contribution in [1.29, 1.82) is 0 Å². The molecular weight excluding hydrogens is 409 g/mol. The lowest BCUT2D eigenvalue weighted by Gasteiger charge is -2.29. The zero-order valence-electron chi connectivity index (χ0n) is 17.9. The number of anilines is 1. The van der Waals surface area contributed by atoms with E-state index in [1.807, 2.05) is 19.1 Å². The SMILES string of the molecule is Cc1cc(C(=O)NNN=C2CC(NCC(F)(F)F)C2)nc2c(C(C)(C)C)cc(N)cc12. The van der Waals surface area contributed by atoms with Gasteiger partial charge in [0.05, 0.1) is 12.1 Å². The molecule has 1 aromatic carbocycles. The first kappa shape index (κ1) is 22.8. The van der Waals surface area contributed by atoms with Crippen LogP contribution in [0.4, 0.5) is 18.9 Å². The summed E-state index contributed by atoms with van der Waals surface area (Å²) in [5, 5.41) is 7.32. The highest BCUT2D eigenvalue weighted by Crippen LogP contribution is 2.32. The number of hydrogen-bond acceptors (Lipinski definition) is 6. The van der Waals surface area contributed by atoms with Crippen LogP contribution in [0.15, 0.2) is 23.3 Å². The van der Waals surface area contributed by atoms with Gasteiger partial charge in [0.15, 0.2) is 0 Å². The van der Waals surface area contributed by atoms with Crippen LogP contribution in [-0.4, -0.2) is 35.4 Å². The minimum absolute atomic E-state index is 0.215. The van der Waals surface area contributed by atoms with Gasteiger partial charge in [-0.2, -0.15) is 18.3 Å². The van der Waals surface area contributed by atoms with E-state index >= 15 is 0 Å². The smallest absolute Gasteiger partial charge is 0.399 e. The average Bonchev–Trinajstić information content (AvgIpc) is 2.60. The lowest BCUT2D eigenvalue weighted by atomic mass is 9.84. The lowest BCUT2D eigenvalue weighted by Crippen LogP contribution is -2.46. The van der Waals surface area contributed by atoms with Gasteiger partial charge in [0, 0.05) is 35.7 Å². The molecule has 0 radical (unpaired) electrons. The summed E-state index contributed by atoms with van der Waals surface area (Å²) in [5.41, 5.74) is 14.9. The number of carbonyl (C=O) groups excluding carboxylic acids is 1. The van der Waals surface area contributed by atoms with E-state index in [0.717, 1.165) is 22.0 Å². The van der Waals surface area contributed by atoms with Crippen LogP contribution in [0.5, 0.6) is 0 Å². The second kappa shape index (κ2) is 8.33. The number of carbonyl (C=O) groups is 1. The molecule has 168 valence electrons. The molecule has 0 atom stereocenters. The summed E-state index contributed by atoms with van der Waals surface area (Å²) >= 11 is 0. The van der Waals surface area contributed by atoms with E-state index in [-0.39, 0.29) is 17.2 Å². The standard InChI is InChI=1S/C21H27F3N6O/c1-11-5-17(27-18-15(11)6-12(25)7-16(18)20(2,3)4)19(31)29-30-28-14-8-13(9-14)26-10-21(22,23)24/h5-7,13,26,30H,8-10,25H2,1-4H3,(H,29,31). The monoisotopic (exact) mass is 436 g/mol. The van der Waals surface area contributed by atoms with Gasteiger partial charge < -0.3 is 11.1 Å². The minimum atomic E-state index is -4.23. The fourth-order valence-electron chi connectivity index (χ4n) is 3.43. The highest BCUT2D eigenvalue weighted by Gasteiger charge is 2.32. The van der Waals surface area contributed by atoms with Gasteiger partial charge in [-0.25, -0.2) is 15.9 Å². The molecule has 31 heavy (non-hydrogen) atoms. The number of fused-ring (bicyclic) bond motifs is 1. The Morgan fingerprint density at radius 2 is 1.90 bits per heavy atom. The zero-order valence-corrected chi connectivity index (χ0v) is 17.9. The number of benzene rings is 1. The third-order valence-electron chi connectivity index (χ3n) is 5.12. The highest BCUT2D eigenvalue weighted by atomic mass is 19.4. The van der Waals surface area contributed by atoms with Crippen molar-refractivity contribution in [2.45, 2.75) is 58.2 Å². The van der Waals surface area contributed by atoms with Crippen LogP contribution in [0.25, 0.3) is 10.9 Å². The summed E-state index contributed by atoms with van der Waals surface area (Å²) in [6.07, 6.45) is -3.45. The van der Waals surface area contributed by atoms with Gasteiger partial charge in [-0.1, -0.05) is 20.8 Å². The maximum absolute atomic E-state index is 12.6. The first-order valence-electron chi connectivity index (χ1n) is 9.96. The first-order valence-corrected chi connectivity index (χ1v) is 9.96. The molecule has 1 fully saturated rings. The van der Waals surface area contributed by atoms with E-state index in [2.05, 4.69) is 47.1 Å². The molecule has 1 aliphatic rings. The maximum atomic E-state index is 12.6. The Kier molecular flexibility index (Phi) is 6.13. The second-order valence-corrected chi connectivity index (χ2v) is 8.88. The van der Waals surface area contributed by atoms with Gasteiger partial charge >= 0.3 is 6.18 Å². The Hall–Kier alpha value is -2.88. The van der Waals surface area contributed by atoms with E-state index in [9.17, 15) is 18.0 Å². The highest BCUT2D eigenvalue weighted by molar-refractivity contribution is 5.97. The predicted octanol–water partition coefficient (Wildman–Crippen LogP) is 3.33. The topological polar surface area (TPSA) is 104 Å². The Morgan fingerprint density at radius 3 is 2.52 bits per heavy atom. The van der Waals surface area contributed by atoms with Gasteiger partial charge in [0.25, 0.3) is 5.91 Å². The van der Waals surface area contributed by atoms with E-state index < -0.39 is 18.6 Å². The summed E-state index contributed by atoms with van der Waals surface area (Å²) < 4.78 is 36.6. The van der Waals surface area contributed by atoms with Crippen LogP contribution >= 0.6 is 0 Å². The molecule has 10 heteroatoms. The van der Waals surface area contributed by atoms with Crippen LogP contribution in [0, 0.1) is 6.92 Å². The number of nitrogens with two attached hydrogens (primary N) is 1. The molecule has 0 aliphatic heterocycles. The van der Waals surface area contributed by atoms with Crippen molar-refractivity contribution in [2.75, 3.05) is 12.3 Å². The number of hydrogen-bond donors (Lipinski definition) is 4. The van der Waals surface area contributed by atoms with Crippen molar-refractivity contribution in [3.63, 3.8) is 0 Å². The number of hydrazone groups is 1. The molecule has 1 aliphatic carbocycles. The molecule has 1 amide bonds. The van der Waals surface area contributed by atoms with Crippen LogP contribution < -0.4 is 22.0 Å². The van der Waals surface area contributed by atoms with Crippen LogP contribution in [-0.2, 0) is 5.41 Å². The number of aromatic nitrogens is 1. The summed E-state index contributed by atoms with van der Waals surface area (Å²) in [6.45, 7) is 7.03. The van der Waals surface area contributed by atoms with Crippen molar-refractivity contribution < 1.29 is 18.0 Å². The van der Waals surface area contributed by atoms with Gasteiger partial charge in [0.2, 0.25) is 0 Å².